The Hall–Kier alpha value is -1.80. The van der Waals surface area contributed by atoms with E-state index in [0.29, 0.717) is 18.4 Å². The molecule has 8 heteroatoms. The van der Waals surface area contributed by atoms with E-state index >= 15 is 0 Å². The number of carbonyl (C=O) groups is 2. The van der Waals surface area contributed by atoms with E-state index in [9.17, 15) is 22.4 Å². The van der Waals surface area contributed by atoms with Gasteiger partial charge in [0.25, 0.3) is 0 Å². The highest BCUT2D eigenvalue weighted by molar-refractivity contribution is 7.89. The molecule has 26 heavy (non-hydrogen) atoms. The van der Waals surface area contributed by atoms with Crippen molar-refractivity contribution in [3.05, 3.63) is 29.6 Å². The van der Waals surface area contributed by atoms with Crippen LogP contribution in [0.3, 0.4) is 0 Å². The molecule has 0 aliphatic carbocycles. The number of aryl methyl sites for hydroxylation is 1. The number of carbonyl (C=O) groups excluding carboxylic acids is 2. The summed E-state index contributed by atoms with van der Waals surface area (Å²) in [5, 5.41) is 0. The molecular weight excluding hydrogens is 359 g/mol. The van der Waals surface area contributed by atoms with Gasteiger partial charge in [0.15, 0.2) is 0 Å². The number of halogens is 1. The van der Waals surface area contributed by atoms with Gasteiger partial charge in [-0.3, -0.25) is 14.5 Å². The summed E-state index contributed by atoms with van der Waals surface area (Å²) in [7, 11) is -3.73. The first-order valence-corrected chi connectivity index (χ1v) is 10.4. The lowest BCUT2D eigenvalue weighted by Gasteiger charge is -2.40. The van der Waals surface area contributed by atoms with Gasteiger partial charge >= 0.3 is 0 Å². The molecule has 0 aromatic heterocycles. The minimum atomic E-state index is -3.73. The Bertz CT molecular complexity index is 855. The van der Waals surface area contributed by atoms with Gasteiger partial charge in [-0.1, -0.05) is 0 Å². The van der Waals surface area contributed by atoms with Crippen molar-refractivity contribution in [2.75, 3.05) is 0 Å². The second kappa shape index (κ2) is 6.13. The van der Waals surface area contributed by atoms with E-state index in [1.54, 1.807) is 6.92 Å². The summed E-state index contributed by atoms with van der Waals surface area (Å²) < 4.78 is 41.3. The molecule has 2 bridgehead atoms. The van der Waals surface area contributed by atoms with Gasteiger partial charge in [-0.05, 0) is 56.4 Å². The Kier molecular flexibility index (Phi) is 4.15. The molecule has 1 aromatic carbocycles. The molecule has 6 nitrogen and oxygen atoms in total. The average Bonchev–Trinajstić information content (AvgIpc) is 3.07. The van der Waals surface area contributed by atoms with Gasteiger partial charge in [-0.25, -0.2) is 12.8 Å². The first-order chi connectivity index (χ1) is 12.3. The average molecular weight is 380 g/mol. The lowest BCUT2D eigenvalue weighted by atomic mass is 9.98. The van der Waals surface area contributed by atoms with Crippen LogP contribution in [-0.4, -0.2) is 47.6 Å². The fourth-order valence-electron chi connectivity index (χ4n) is 4.61. The predicted octanol–water partition coefficient (Wildman–Crippen LogP) is 1.97. The van der Waals surface area contributed by atoms with Gasteiger partial charge in [-0.15, -0.1) is 0 Å². The SMILES string of the molecule is Cc1cc(S(=O)(=O)N2C3CCC2CC(N2C(=O)CCC2=O)C3)ccc1F. The van der Waals surface area contributed by atoms with Gasteiger partial charge in [0.2, 0.25) is 21.8 Å². The Balaban J connectivity index is 1.61. The number of piperidine rings is 1. The van der Waals surface area contributed by atoms with Crippen molar-refractivity contribution >= 4 is 21.8 Å². The highest BCUT2D eigenvalue weighted by Gasteiger charge is 2.50. The van der Waals surface area contributed by atoms with Gasteiger partial charge in [0, 0.05) is 31.0 Å². The predicted molar refractivity (Wildman–Crippen MR) is 91.1 cm³/mol. The Morgan fingerprint density at radius 1 is 1.00 bits per heavy atom. The third kappa shape index (κ3) is 2.66. The van der Waals surface area contributed by atoms with E-state index in [2.05, 4.69) is 0 Å². The summed E-state index contributed by atoms with van der Waals surface area (Å²) in [5.74, 6) is -0.730. The van der Waals surface area contributed by atoms with E-state index in [4.69, 9.17) is 0 Å². The zero-order valence-corrected chi connectivity index (χ0v) is 15.3. The third-order valence-corrected chi connectivity index (χ3v) is 7.80. The van der Waals surface area contributed by atoms with Crippen LogP contribution in [0.4, 0.5) is 4.39 Å². The molecule has 3 saturated heterocycles. The van der Waals surface area contributed by atoms with E-state index in [1.165, 1.54) is 27.4 Å². The molecule has 0 N–H and O–H groups in total. The number of imide groups is 1. The molecule has 4 rings (SSSR count). The molecule has 0 spiro atoms. The van der Waals surface area contributed by atoms with Crippen LogP contribution >= 0.6 is 0 Å². The minimum Gasteiger partial charge on any atom is -0.279 e. The van der Waals surface area contributed by atoms with Crippen molar-refractivity contribution in [1.82, 2.24) is 9.21 Å². The summed E-state index contributed by atoms with van der Waals surface area (Å²) in [5.41, 5.74) is 0.293. The normalized spacial score (nSPS) is 29.6. The van der Waals surface area contributed by atoms with Gasteiger partial charge in [0.1, 0.15) is 5.82 Å². The molecule has 2 unspecified atom stereocenters. The number of likely N-dealkylation sites (tertiary alicyclic amines) is 1. The molecule has 3 fully saturated rings. The molecule has 3 aliphatic rings. The standard InChI is InChI=1S/C18H21FN2O4S/c1-11-8-15(4-5-16(11)19)26(24,25)21-12-2-3-13(21)10-14(9-12)20-17(22)6-7-18(20)23/h4-5,8,12-14H,2-3,6-7,9-10H2,1H3. The molecule has 3 heterocycles. The first kappa shape index (κ1) is 17.6. The van der Waals surface area contributed by atoms with E-state index in [1.807, 2.05) is 0 Å². The van der Waals surface area contributed by atoms with Gasteiger partial charge in [-0.2, -0.15) is 4.31 Å². The number of hydrogen-bond donors (Lipinski definition) is 0. The summed E-state index contributed by atoms with van der Waals surface area (Å²) in [6, 6.07) is 3.18. The number of fused-ring (bicyclic) bond motifs is 2. The van der Waals surface area contributed by atoms with Crippen LogP contribution in [0.1, 0.15) is 44.1 Å². The molecule has 0 saturated carbocycles. The molecule has 140 valence electrons. The van der Waals surface area contributed by atoms with Crippen LogP contribution in [0.5, 0.6) is 0 Å². The van der Waals surface area contributed by atoms with Crippen LogP contribution in [0.25, 0.3) is 0 Å². The van der Waals surface area contributed by atoms with Crippen molar-refractivity contribution in [1.29, 1.82) is 0 Å². The molecule has 3 aliphatic heterocycles. The third-order valence-electron chi connectivity index (χ3n) is 5.80. The van der Waals surface area contributed by atoms with Crippen molar-refractivity contribution in [3.63, 3.8) is 0 Å². The van der Waals surface area contributed by atoms with Crippen molar-refractivity contribution < 1.29 is 22.4 Å². The monoisotopic (exact) mass is 380 g/mol. The second-order valence-electron chi connectivity index (χ2n) is 7.41. The lowest BCUT2D eigenvalue weighted by Crippen LogP contribution is -2.53. The van der Waals surface area contributed by atoms with Crippen molar-refractivity contribution in [2.45, 2.75) is 68.5 Å². The molecular formula is C18H21FN2O4S. The molecule has 2 atom stereocenters. The van der Waals surface area contributed by atoms with Crippen LogP contribution < -0.4 is 0 Å². The van der Waals surface area contributed by atoms with Gasteiger partial charge in [0.05, 0.1) is 4.90 Å². The minimum absolute atomic E-state index is 0.0973. The van der Waals surface area contributed by atoms with Crippen LogP contribution in [0, 0.1) is 12.7 Å². The molecule has 1 aromatic rings. The number of nitrogens with zero attached hydrogens (tertiary/aromatic N) is 2. The Morgan fingerprint density at radius 3 is 2.12 bits per heavy atom. The second-order valence-corrected chi connectivity index (χ2v) is 9.26. The highest BCUT2D eigenvalue weighted by Crippen LogP contribution is 2.42. The zero-order chi connectivity index (χ0) is 18.6. The van der Waals surface area contributed by atoms with Crippen LogP contribution in [-0.2, 0) is 19.6 Å². The van der Waals surface area contributed by atoms with E-state index in [0.717, 1.165) is 12.8 Å². The number of sulfonamides is 1. The van der Waals surface area contributed by atoms with Crippen molar-refractivity contribution in [3.8, 4) is 0 Å². The maximum absolute atomic E-state index is 13.5. The van der Waals surface area contributed by atoms with Crippen LogP contribution in [0.15, 0.2) is 23.1 Å². The topological polar surface area (TPSA) is 74.8 Å². The fraction of sp³-hybridized carbons (Fsp3) is 0.556. The smallest absolute Gasteiger partial charge is 0.243 e. The van der Waals surface area contributed by atoms with Crippen molar-refractivity contribution in [2.24, 2.45) is 0 Å². The van der Waals surface area contributed by atoms with Gasteiger partial charge < -0.3 is 0 Å². The summed E-state index contributed by atoms with van der Waals surface area (Å²) >= 11 is 0. The Labute approximate surface area is 152 Å². The summed E-state index contributed by atoms with van der Waals surface area (Å²) in [6.45, 7) is 1.54. The number of hydrogen-bond acceptors (Lipinski definition) is 4. The number of rotatable bonds is 3. The lowest BCUT2D eigenvalue weighted by molar-refractivity contribution is -0.142. The quantitative estimate of drug-likeness (QED) is 0.752. The summed E-state index contributed by atoms with van der Waals surface area (Å²) in [6.07, 6.45) is 2.90. The van der Waals surface area contributed by atoms with Crippen LogP contribution in [0.2, 0.25) is 0 Å². The fourth-order valence-corrected chi connectivity index (χ4v) is 6.59. The van der Waals surface area contributed by atoms with E-state index in [-0.39, 0.29) is 47.7 Å². The van der Waals surface area contributed by atoms with E-state index < -0.39 is 15.8 Å². The zero-order valence-electron chi connectivity index (χ0n) is 14.5. The summed E-state index contributed by atoms with van der Waals surface area (Å²) in [4.78, 5) is 25.5. The molecule has 2 amide bonds. The number of benzene rings is 1. The maximum Gasteiger partial charge on any atom is 0.243 e. The highest BCUT2D eigenvalue weighted by atomic mass is 32.2. The Morgan fingerprint density at radius 2 is 1.58 bits per heavy atom. The number of amides is 2. The largest absolute Gasteiger partial charge is 0.279 e. The molecule has 0 radical (unpaired) electrons. The first-order valence-electron chi connectivity index (χ1n) is 8.93. The maximum atomic E-state index is 13.5.